The topological polar surface area (TPSA) is 58.1 Å². The van der Waals surface area contributed by atoms with Crippen molar-refractivity contribution in [1.29, 1.82) is 0 Å². The van der Waals surface area contributed by atoms with Crippen LogP contribution in [0.15, 0.2) is 12.4 Å². The van der Waals surface area contributed by atoms with Gasteiger partial charge in [0.05, 0.1) is 12.4 Å². The third kappa shape index (κ3) is 3.22. The van der Waals surface area contributed by atoms with Crippen LogP contribution < -0.4 is 5.32 Å². The summed E-state index contributed by atoms with van der Waals surface area (Å²) in [6, 6.07) is 0.342. The normalized spacial score (nSPS) is 22.9. The van der Waals surface area contributed by atoms with Crippen molar-refractivity contribution in [3.8, 4) is 0 Å². The van der Waals surface area contributed by atoms with E-state index in [1.165, 1.54) is 19.0 Å². The first-order valence-electron chi connectivity index (χ1n) is 6.88. The van der Waals surface area contributed by atoms with Gasteiger partial charge < -0.3 is 10.2 Å². The third-order valence-electron chi connectivity index (χ3n) is 3.98. The molecule has 0 saturated heterocycles. The quantitative estimate of drug-likeness (QED) is 0.907. The number of rotatable bonds is 3. The number of amides is 1. The average Bonchev–Trinajstić information content (AvgIpc) is 2.46. The van der Waals surface area contributed by atoms with E-state index >= 15 is 0 Å². The molecule has 1 fully saturated rings. The number of anilines is 1. The van der Waals surface area contributed by atoms with Crippen molar-refractivity contribution in [2.24, 2.45) is 5.92 Å². The second-order valence-electron chi connectivity index (χ2n) is 5.37. The summed E-state index contributed by atoms with van der Waals surface area (Å²) in [6.45, 7) is 2.28. The largest absolute Gasteiger partial charge is 0.372 e. The fourth-order valence-corrected chi connectivity index (χ4v) is 2.54. The molecule has 5 nitrogen and oxygen atoms in total. The van der Waals surface area contributed by atoms with Gasteiger partial charge in [-0.25, -0.2) is 9.97 Å². The highest BCUT2D eigenvalue weighted by atomic mass is 16.2. The Hall–Kier alpha value is -1.65. The zero-order valence-corrected chi connectivity index (χ0v) is 11.9. The fraction of sp³-hybridized carbons (Fsp3) is 0.643. The number of hydrogen-bond acceptors (Lipinski definition) is 4. The molecule has 0 bridgehead atoms. The van der Waals surface area contributed by atoms with E-state index in [1.54, 1.807) is 13.2 Å². The number of aromatic nitrogens is 2. The van der Waals surface area contributed by atoms with Gasteiger partial charge in [-0.2, -0.15) is 0 Å². The van der Waals surface area contributed by atoms with E-state index in [9.17, 15) is 4.79 Å². The molecule has 0 aromatic carbocycles. The lowest BCUT2D eigenvalue weighted by Crippen LogP contribution is -2.39. The van der Waals surface area contributed by atoms with E-state index in [2.05, 4.69) is 22.2 Å². The Morgan fingerprint density at radius 3 is 2.47 bits per heavy atom. The van der Waals surface area contributed by atoms with Crippen LogP contribution in [0.4, 0.5) is 5.82 Å². The summed E-state index contributed by atoms with van der Waals surface area (Å²) in [5, 5.41) is 2.89. The molecule has 1 aliphatic rings. The van der Waals surface area contributed by atoms with E-state index in [0.29, 0.717) is 17.6 Å². The van der Waals surface area contributed by atoms with Gasteiger partial charge in [-0.3, -0.25) is 4.79 Å². The van der Waals surface area contributed by atoms with Gasteiger partial charge >= 0.3 is 0 Å². The minimum absolute atomic E-state index is 0.0327. The molecule has 1 amide bonds. The minimum atomic E-state index is -0.0327. The third-order valence-corrected chi connectivity index (χ3v) is 3.98. The van der Waals surface area contributed by atoms with Gasteiger partial charge in [0.15, 0.2) is 0 Å². The maximum atomic E-state index is 12.3. The molecule has 1 aromatic heterocycles. The van der Waals surface area contributed by atoms with Crippen LogP contribution in [0, 0.1) is 5.92 Å². The van der Waals surface area contributed by atoms with E-state index in [0.717, 1.165) is 18.8 Å². The van der Waals surface area contributed by atoms with Crippen LogP contribution in [-0.2, 0) is 0 Å². The Bertz CT molecular complexity index is 424. The van der Waals surface area contributed by atoms with Gasteiger partial charge in [-0.05, 0) is 31.6 Å². The van der Waals surface area contributed by atoms with Crippen molar-refractivity contribution in [2.45, 2.75) is 38.6 Å². The first-order chi connectivity index (χ1) is 9.11. The van der Waals surface area contributed by atoms with Crippen LogP contribution >= 0.6 is 0 Å². The highest BCUT2D eigenvalue weighted by Gasteiger charge is 2.26. The molecular formula is C14H22N4O. The van der Waals surface area contributed by atoms with Crippen molar-refractivity contribution in [3.05, 3.63) is 18.1 Å². The summed E-state index contributed by atoms with van der Waals surface area (Å²) in [4.78, 5) is 22.5. The van der Waals surface area contributed by atoms with Crippen LogP contribution in [-0.4, -0.2) is 40.9 Å². The van der Waals surface area contributed by atoms with Crippen molar-refractivity contribution < 1.29 is 4.79 Å². The molecule has 1 saturated carbocycles. The lowest BCUT2D eigenvalue weighted by atomic mass is 9.86. The van der Waals surface area contributed by atoms with E-state index in [-0.39, 0.29) is 5.91 Å². The lowest BCUT2D eigenvalue weighted by Gasteiger charge is -2.33. The zero-order valence-electron chi connectivity index (χ0n) is 11.9. The van der Waals surface area contributed by atoms with Gasteiger partial charge in [0.25, 0.3) is 5.91 Å². The Kier molecular flexibility index (Phi) is 4.35. The van der Waals surface area contributed by atoms with Crippen molar-refractivity contribution >= 4 is 11.7 Å². The molecule has 104 valence electrons. The van der Waals surface area contributed by atoms with Gasteiger partial charge in [0, 0.05) is 20.1 Å². The zero-order chi connectivity index (χ0) is 13.8. The molecule has 0 radical (unpaired) electrons. The lowest BCUT2D eigenvalue weighted by molar-refractivity contribution is 0.0673. The molecule has 1 N–H and O–H groups in total. The molecule has 1 heterocycles. The van der Waals surface area contributed by atoms with Crippen LogP contribution in [0.2, 0.25) is 0 Å². The number of nitrogens with one attached hydrogen (secondary N) is 1. The molecule has 0 atom stereocenters. The fourth-order valence-electron chi connectivity index (χ4n) is 2.54. The van der Waals surface area contributed by atoms with Crippen LogP contribution in [0.1, 0.15) is 43.1 Å². The number of carbonyl (C=O) groups is 1. The summed E-state index contributed by atoms with van der Waals surface area (Å²) < 4.78 is 0. The highest BCUT2D eigenvalue weighted by Crippen LogP contribution is 2.27. The molecule has 1 aromatic rings. The second-order valence-corrected chi connectivity index (χ2v) is 5.37. The Morgan fingerprint density at radius 2 is 1.95 bits per heavy atom. The van der Waals surface area contributed by atoms with Crippen molar-refractivity contribution in [1.82, 2.24) is 14.9 Å². The Labute approximate surface area is 114 Å². The maximum Gasteiger partial charge on any atom is 0.274 e. The van der Waals surface area contributed by atoms with Crippen LogP contribution in [0.3, 0.4) is 0 Å². The van der Waals surface area contributed by atoms with E-state index < -0.39 is 0 Å². The Balaban J connectivity index is 2.01. The average molecular weight is 262 g/mol. The summed E-state index contributed by atoms with van der Waals surface area (Å²) in [5.41, 5.74) is 0.417. The summed E-state index contributed by atoms with van der Waals surface area (Å²) in [5.74, 6) is 1.43. The molecule has 0 aliphatic heterocycles. The van der Waals surface area contributed by atoms with E-state index in [1.807, 2.05) is 11.9 Å². The van der Waals surface area contributed by atoms with Gasteiger partial charge in [-0.15, -0.1) is 0 Å². The number of hydrogen-bond donors (Lipinski definition) is 1. The molecule has 0 spiro atoms. The standard InChI is InChI=1S/C14H22N4O/c1-10-4-6-11(7-5-10)18(3)14(19)12-8-17-13(15-2)9-16-12/h8-11H,4-7H2,1-3H3,(H,15,17). The van der Waals surface area contributed by atoms with Crippen molar-refractivity contribution in [3.63, 3.8) is 0 Å². The predicted octanol–water partition coefficient (Wildman–Crippen LogP) is 2.17. The first kappa shape index (κ1) is 13.8. The monoisotopic (exact) mass is 262 g/mol. The summed E-state index contributed by atoms with van der Waals surface area (Å²) >= 11 is 0. The van der Waals surface area contributed by atoms with Crippen LogP contribution in [0.25, 0.3) is 0 Å². The molecule has 19 heavy (non-hydrogen) atoms. The number of carbonyl (C=O) groups excluding carboxylic acids is 1. The van der Waals surface area contributed by atoms with Gasteiger partial charge in [0.1, 0.15) is 11.5 Å². The highest BCUT2D eigenvalue weighted by molar-refractivity contribution is 5.92. The van der Waals surface area contributed by atoms with Gasteiger partial charge in [0.2, 0.25) is 0 Å². The van der Waals surface area contributed by atoms with Crippen molar-refractivity contribution in [2.75, 3.05) is 19.4 Å². The molecule has 2 rings (SSSR count). The molecule has 5 heteroatoms. The van der Waals surface area contributed by atoms with Gasteiger partial charge in [-0.1, -0.05) is 6.92 Å². The summed E-state index contributed by atoms with van der Waals surface area (Å²) in [7, 11) is 3.65. The molecule has 1 aliphatic carbocycles. The van der Waals surface area contributed by atoms with E-state index in [4.69, 9.17) is 0 Å². The van der Waals surface area contributed by atoms with Crippen LogP contribution in [0.5, 0.6) is 0 Å². The Morgan fingerprint density at radius 1 is 1.26 bits per heavy atom. The molecular weight excluding hydrogens is 240 g/mol. The predicted molar refractivity (Wildman–Crippen MR) is 75.1 cm³/mol. The summed E-state index contributed by atoms with van der Waals surface area (Å²) in [6.07, 6.45) is 7.70. The maximum absolute atomic E-state index is 12.3. The molecule has 0 unspecified atom stereocenters. The number of nitrogens with zero attached hydrogens (tertiary/aromatic N) is 3. The minimum Gasteiger partial charge on any atom is -0.372 e. The first-order valence-corrected chi connectivity index (χ1v) is 6.88. The second kappa shape index (κ2) is 5.99. The smallest absolute Gasteiger partial charge is 0.274 e. The SMILES string of the molecule is CNc1cnc(C(=O)N(C)C2CCC(C)CC2)cn1.